The first-order valence-corrected chi connectivity index (χ1v) is 7.76. The lowest BCUT2D eigenvalue weighted by atomic mass is 10.1. The monoisotopic (exact) mass is 321 g/mol. The van der Waals surface area contributed by atoms with Crippen molar-refractivity contribution in [3.8, 4) is 6.07 Å². The molecule has 2 aromatic carbocycles. The third-order valence-corrected chi connectivity index (χ3v) is 3.65. The van der Waals surface area contributed by atoms with Crippen molar-refractivity contribution in [1.82, 2.24) is 5.32 Å². The molecule has 0 aliphatic rings. The van der Waals surface area contributed by atoms with E-state index in [2.05, 4.69) is 10.6 Å². The number of benzene rings is 2. The molecule has 0 aliphatic heterocycles. The Morgan fingerprint density at radius 1 is 1.08 bits per heavy atom. The number of rotatable bonds is 5. The molecule has 0 saturated carbocycles. The molecule has 5 nitrogen and oxygen atoms in total. The minimum absolute atomic E-state index is 0.105. The summed E-state index contributed by atoms with van der Waals surface area (Å²) in [6.07, 6.45) is 0.855. The number of carbonyl (C=O) groups is 2. The Morgan fingerprint density at radius 2 is 1.71 bits per heavy atom. The van der Waals surface area contributed by atoms with Crippen molar-refractivity contribution in [2.24, 2.45) is 0 Å². The number of anilines is 1. The summed E-state index contributed by atoms with van der Waals surface area (Å²) in [5, 5.41) is 14.5. The molecule has 0 bridgehead atoms. The first-order chi connectivity index (χ1) is 11.5. The van der Waals surface area contributed by atoms with Crippen LogP contribution >= 0.6 is 0 Å². The number of hydrogen-bond donors (Lipinski definition) is 2. The van der Waals surface area contributed by atoms with Gasteiger partial charge in [-0.1, -0.05) is 13.0 Å². The van der Waals surface area contributed by atoms with Gasteiger partial charge in [-0.05, 0) is 55.8 Å². The van der Waals surface area contributed by atoms with Gasteiger partial charge in [-0.25, -0.2) is 0 Å². The molecule has 5 heteroatoms. The number of hydrogen-bond acceptors (Lipinski definition) is 3. The summed E-state index contributed by atoms with van der Waals surface area (Å²) >= 11 is 0. The second-order valence-electron chi connectivity index (χ2n) is 5.51. The molecule has 0 aliphatic carbocycles. The van der Waals surface area contributed by atoms with Gasteiger partial charge in [0.25, 0.3) is 11.8 Å². The van der Waals surface area contributed by atoms with E-state index in [0.717, 1.165) is 6.42 Å². The van der Waals surface area contributed by atoms with Gasteiger partial charge in [-0.2, -0.15) is 5.26 Å². The molecule has 1 atom stereocenters. The summed E-state index contributed by atoms with van der Waals surface area (Å²) in [5.41, 5.74) is 1.98. The highest BCUT2D eigenvalue weighted by atomic mass is 16.2. The summed E-state index contributed by atoms with van der Waals surface area (Å²) in [5.74, 6) is -0.447. The average molecular weight is 321 g/mol. The number of nitriles is 1. The zero-order valence-electron chi connectivity index (χ0n) is 13.7. The quantitative estimate of drug-likeness (QED) is 0.886. The molecule has 0 fully saturated rings. The van der Waals surface area contributed by atoms with E-state index in [0.29, 0.717) is 22.4 Å². The van der Waals surface area contributed by atoms with E-state index in [1.807, 2.05) is 19.9 Å². The first-order valence-electron chi connectivity index (χ1n) is 7.76. The molecule has 122 valence electrons. The Kier molecular flexibility index (Phi) is 5.69. The molecule has 0 saturated heterocycles. The fraction of sp³-hybridized carbons (Fsp3) is 0.211. The molecule has 2 amide bonds. The molecule has 0 radical (unpaired) electrons. The lowest BCUT2D eigenvalue weighted by Gasteiger charge is -2.11. The maximum absolute atomic E-state index is 12.2. The fourth-order valence-electron chi connectivity index (χ4n) is 2.05. The third kappa shape index (κ3) is 4.43. The van der Waals surface area contributed by atoms with Gasteiger partial charge in [0.2, 0.25) is 0 Å². The van der Waals surface area contributed by atoms with Crippen molar-refractivity contribution < 1.29 is 9.59 Å². The summed E-state index contributed by atoms with van der Waals surface area (Å²) in [7, 11) is 0. The number of nitrogens with zero attached hydrogens (tertiary/aromatic N) is 1. The molecule has 24 heavy (non-hydrogen) atoms. The highest BCUT2D eigenvalue weighted by molar-refractivity contribution is 6.05. The van der Waals surface area contributed by atoms with Crippen molar-refractivity contribution in [2.75, 3.05) is 5.32 Å². The molecular formula is C19H19N3O2. The van der Waals surface area contributed by atoms with Crippen molar-refractivity contribution in [3.05, 3.63) is 65.2 Å². The van der Waals surface area contributed by atoms with Gasteiger partial charge in [-0.15, -0.1) is 0 Å². The van der Waals surface area contributed by atoms with Crippen LogP contribution in [0.15, 0.2) is 48.5 Å². The maximum Gasteiger partial charge on any atom is 0.255 e. The average Bonchev–Trinajstić information content (AvgIpc) is 2.61. The smallest absolute Gasteiger partial charge is 0.255 e. The number of carbonyl (C=O) groups excluding carboxylic acids is 2. The molecule has 2 N–H and O–H groups in total. The minimum Gasteiger partial charge on any atom is -0.350 e. The van der Waals surface area contributed by atoms with E-state index in [4.69, 9.17) is 5.26 Å². The lowest BCUT2D eigenvalue weighted by molar-refractivity contribution is 0.0937. The summed E-state index contributed by atoms with van der Waals surface area (Å²) < 4.78 is 0. The van der Waals surface area contributed by atoms with Gasteiger partial charge < -0.3 is 10.6 Å². The Hall–Kier alpha value is -3.13. The van der Waals surface area contributed by atoms with Crippen LogP contribution in [0, 0.1) is 11.3 Å². The van der Waals surface area contributed by atoms with Crippen LogP contribution in [0.2, 0.25) is 0 Å². The van der Waals surface area contributed by atoms with Gasteiger partial charge in [0.05, 0.1) is 11.6 Å². The number of nitrogens with one attached hydrogen (secondary N) is 2. The molecule has 0 heterocycles. The van der Waals surface area contributed by atoms with Crippen molar-refractivity contribution in [1.29, 1.82) is 5.26 Å². The Morgan fingerprint density at radius 3 is 2.29 bits per heavy atom. The standard InChI is InChI=1S/C19H19N3O2/c1-3-13(2)21-18(23)15-7-9-16(10-8-15)19(24)22-17-6-4-5-14(11-17)12-20/h4-11,13H,3H2,1-2H3,(H,21,23)(H,22,24). The van der Waals surface area contributed by atoms with E-state index in [1.165, 1.54) is 0 Å². The summed E-state index contributed by atoms with van der Waals surface area (Å²) in [6, 6.07) is 15.3. The molecular weight excluding hydrogens is 302 g/mol. The van der Waals surface area contributed by atoms with Gasteiger partial charge in [0.1, 0.15) is 0 Å². The van der Waals surface area contributed by atoms with Crippen LogP contribution in [0.3, 0.4) is 0 Å². The van der Waals surface area contributed by atoms with Crippen LogP contribution in [0.25, 0.3) is 0 Å². The topological polar surface area (TPSA) is 82.0 Å². The van der Waals surface area contributed by atoms with Crippen molar-refractivity contribution in [3.63, 3.8) is 0 Å². The Bertz CT molecular complexity index is 776. The number of amides is 2. The fourth-order valence-corrected chi connectivity index (χ4v) is 2.05. The zero-order chi connectivity index (χ0) is 17.5. The van der Waals surface area contributed by atoms with E-state index in [1.54, 1.807) is 48.5 Å². The Balaban J connectivity index is 2.05. The van der Waals surface area contributed by atoms with E-state index in [-0.39, 0.29) is 17.9 Å². The molecule has 0 aromatic heterocycles. The SMILES string of the molecule is CCC(C)NC(=O)c1ccc(C(=O)Nc2cccc(C#N)c2)cc1. The van der Waals surface area contributed by atoms with Crippen molar-refractivity contribution in [2.45, 2.75) is 26.3 Å². The van der Waals surface area contributed by atoms with Gasteiger partial charge in [-0.3, -0.25) is 9.59 Å². The molecule has 2 aromatic rings. The van der Waals surface area contributed by atoms with Gasteiger partial charge in [0.15, 0.2) is 0 Å². The largest absolute Gasteiger partial charge is 0.350 e. The third-order valence-electron chi connectivity index (χ3n) is 3.65. The summed E-state index contributed by atoms with van der Waals surface area (Å²) in [6.45, 7) is 3.94. The second-order valence-corrected chi connectivity index (χ2v) is 5.51. The van der Waals surface area contributed by atoms with Crippen LogP contribution in [0.1, 0.15) is 46.5 Å². The van der Waals surface area contributed by atoms with Crippen molar-refractivity contribution >= 4 is 17.5 Å². The van der Waals surface area contributed by atoms with Gasteiger partial charge in [0, 0.05) is 22.9 Å². The van der Waals surface area contributed by atoms with Crippen LogP contribution in [0.4, 0.5) is 5.69 Å². The zero-order valence-corrected chi connectivity index (χ0v) is 13.7. The van der Waals surface area contributed by atoms with E-state index in [9.17, 15) is 9.59 Å². The van der Waals surface area contributed by atoms with Crippen LogP contribution < -0.4 is 10.6 Å². The van der Waals surface area contributed by atoms with Crippen LogP contribution in [0.5, 0.6) is 0 Å². The highest BCUT2D eigenvalue weighted by Crippen LogP contribution is 2.12. The van der Waals surface area contributed by atoms with Crippen LogP contribution in [-0.4, -0.2) is 17.9 Å². The summed E-state index contributed by atoms with van der Waals surface area (Å²) in [4.78, 5) is 24.2. The predicted molar refractivity (Wildman–Crippen MR) is 92.8 cm³/mol. The Labute approximate surface area is 141 Å². The predicted octanol–water partition coefficient (Wildman–Crippen LogP) is 3.34. The molecule has 0 spiro atoms. The second kappa shape index (κ2) is 7.93. The lowest BCUT2D eigenvalue weighted by Crippen LogP contribution is -2.31. The molecule has 2 rings (SSSR count). The normalized spacial score (nSPS) is 11.2. The minimum atomic E-state index is -0.293. The van der Waals surface area contributed by atoms with E-state index >= 15 is 0 Å². The highest BCUT2D eigenvalue weighted by Gasteiger charge is 2.11. The van der Waals surface area contributed by atoms with Crippen LogP contribution in [-0.2, 0) is 0 Å². The first kappa shape index (κ1) is 17.2. The van der Waals surface area contributed by atoms with Gasteiger partial charge >= 0.3 is 0 Å². The maximum atomic E-state index is 12.2. The molecule has 1 unspecified atom stereocenters. The van der Waals surface area contributed by atoms with E-state index < -0.39 is 0 Å².